The zero-order valence-electron chi connectivity index (χ0n) is 21.8. The van der Waals surface area contributed by atoms with E-state index >= 15 is 0 Å². The van der Waals surface area contributed by atoms with Crippen LogP contribution in [0.5, 0.6) is 0 Å². The van der Waals surface area contributed by atoms with Crippen molar-refractivity contribution in [2.24, 2.45) is 0 Å². The fourth-order valence-electron chi connectivity index (χ4n) is 4.80. The Morgan fingerprint density at radius 1 is 1.03 bits per heavy atom. The Morgan fingerprint density at radius 3 is 2.74 bits per heavy atom. The fraction of sp³-hybridized carbons (Fsp3) is 0.276. The average molecular weight is 507 g/mol. The lowest BCUT2D eigenvalue weighted by atomic mass is 9.91. The zero-order valence-corrected chi connectivity index (χ0v) is 21.8. The predicted octanol–water partition coefficient (Wildman–Crippen LogP) is 4.11. The summed E-state index contributed by atoms with van der Waals surface area (Å²) < 4.78 is 3.56. The van der Waals surface area contributed by atoms with Gasteiger partial charge in [-0.05, 0) is 60.0 Å². The van der Waals surface area contributed by atoms with Gasteiger partial charge in [-0.1, -0.05) is 32.9 Å². The minimum atomic E-state index is -0.161. The van der Waals surface area contributed by atoms with Crippen LogP contribution in [0, 0.1) is 0 Å². The lowest BCUT2D eigenvalue weighted by Crippen LogP contribution is -2.23. The second-order valence-electron chi connectivity index (χ2n) is 10.7. The van der Waals surface area contributed by atoms with Crippen molar-refractivity contribution < 1.29 is 0 Å². The molecule has 0 saturated carbocycles. The van der Waals surface area contributed by atoms with E-state index in [1.807, 2.05) is 35.0 Å². The summed E-state index contributed by atoms with van der Waals surface area (Å²) in [5.41, 5.74) is 6.42. The van der Waals surface area contributed by atoms with E-state index in [1.54, 1.807) is 29.5 Å². The molecule has 192 valence electrons. The molecule has 0 aliphatic carbocycles. The Hall–Kier alpha value is -4.37. The summed E-state index contributed by atoms with van der Waals surface area (Å²) in [5.74, 6) is 0.434. The molecule has 9 nitrogen and oxygen atoms in total. The quantitative estimate of drug-likeness (QED) is 0.370. The van der Waals surface area contributed by atoms with Gasteiger partial charge in [-0.3, -0.25) is 14.8 Å². The first-order valence-corrected chi connectivity index (χ1v) is 12.8. The van der Waals surface area contributed by atoms with Gasteiger partial charge in [-0.2, -0.15) is 4.98 Å². The highest BCUT2D eigenvalue weighted by atomic mass is 16.1. The summed E-state index contributed by atoms with van der Waals surface area (Å²) in [6.07, 6.45) is 7.87. The summed E-state index contributed by atoms with van der Waals surface area (Å²) in [6.45, 7) is 8.56. The number of hydrogen-bond donors (Lipinski definition) is 2. The Labute approximate surface area is 220 Å². The summed E-state index contributed by atoms with van der Waals surface area (Å²) >= 11 is 0. The van der Waals surface area contributed by atoms with Gasteiger partial charge in [0.2, 0.25) is 5.95 Å². The standard InChI is InChI=1S/C29H30N8O/c1-29(2,3)25-14-23(9-12-32-25)37-26-24(27(38)36(37)18-19-5-4-10-30-15-19)17-33-28(35-26)34-22-7-6-21-16-31-11-8-20(21)13-22/h4-7,9-10,12-15,17,31H,8,11,16,18H2,1-3H3,(H,33,34,35). The van der Waals surface area contributed by atoms with Crippen LogP contribution in [0.1, 0.15) is 43.2 Å². The second-order valence-corrected chi connectivity index (χ2v) is 10.7. The zero-order chi connectivity index (χ0) is 26.3. The predicted molar refractivity (Wildman–Crippen MR) is 148 cm³/mol. The number of anilines is 2. The number of fused-ring (bicyclic) bond motifs is 2. The Balaban J connectivity index is 1.48. The average Bonchev–Trinajstić information content (AvgIpc) is 3.19. The molecule has 0 saturated heterocycles. The highest BCUT2D eigenvalue weighted by molar-refractivity contribution is 5.77. The van der Waals surface area contributed by atoms with Crippen molar-refractivity contribution >= 4 is 22.7 Å². The van der Waals surface area contributed by atoms with E-state index in [-0.39, 0.29) is 11.0 Å². The number of nitrogens with zero attached hydrogens (tertiary/aromatic N) is 6. The maximum absolute atomic E-state index is 13.6. The number of aromatic nitrogens is 6. The topological polar surface area (TPSA) is 103 Å². The van der Waals surface area contributed by atoms with E-state index in [0.29, 0.717) is 23.5 Å². The fourth-order valence-corrected chi connectivity index (χ4v) is 4.80. The SMILES string of the molecule is CC(C)(C)c1cc(-n2c3nc(Nc4ccc5c(c4)CCNC5)ncc3c(=O)n2Cc2cccnc2)ccn1. The van der Waals surface area contributed by atoms with Crippen LogP contribution >= 0.6 is 0 Å². The molecule has 1 aliphatic rings. The minimum Gasteiger partial charge on any atom is -0.324 e. The molecular weight excluding hydrogens is 476 g/mol. The maximum atomic E-state index is 13.6. The third-order valence-corrected chi connectivity index (χ3v) is 6.84. The van der Waals surface area contributed by atoms with Gasteiger partial charge in [0.1, 0.15) is 5.39 Å². The van der Waals surface area contributed by atoms with Crippen LogP contribution in [-0.4, -0.2) is 35.8 Å². The van der Waals surface area contributed by atoms with Crippen molar-refractivity contribution in [3.8, 4) is 5.69 Å². The minimum absolute atomic E-state index is 0.156. The van der Waals surface area contributed by atoms with Gasteiger partial charge in [0, 0.05) is 48.1 Å². The highest BCUT2D eigenvalue weighted by Crippen LogP contribution is 2.25. The molecule has 1 aliphatic heterocycles. The van der Waals surface area contributed by atoms with Gasteiger partial charge in [0.25, 0.3) is 5.56 Å². The molecular formula is C29H30N8O. The third kappa shape index (κ3) is 4.56. The third-order valence-electron chi connectivity index (χ3n) is 6.84. The molecule has 2 N–H and O–H groups in total. The van der Waals surface area contributed by atoms with Crippen LogP contribution in [0.3, 0.4) is 0 Å². The number of nitrogens with one attached hydrogen (secondary N) is 2. The van der Waals surface area contributed by atoms with Crippen LogP contribution < -0.4 is 16.2 Å². The molecule has 0 fully saturated rings. The second kappa shape index (κ2) is 9.50. The van der Waals surface area contributed by atoms with Gasteiger partial charge in [0.05, 0.1) is 12.2 Å². The van der Waals surface area contributed by atoms with E-state index in [2.05, 4.69) is 58.5 Å². The molecule has 0 spiro atoms. The number of pyridine rings is 2. The van der Waals surface area contributed by atoms with Crippen LogP contribution in [-0.2, 0) is 24.9 Å². The van der Waals surface area contributed by atoms with Gasteiger partial charge < -0.3 is 10.6 Å². The van der Waals surface area contributed by atoms with E-state index in [9.17, 15) is 4.79 Å². The molecule has 9 heteroatoms. The smallest absolute Gasteiger partial charge is 0.278 e. The molecule has 5 aromatic rings. The maximum Gasteiger partial charge on any atom is 0.278 e. The first-order valence-electron chi connectivity index (χ1n) is 12.8. The molecule has 1 aromatic carbocycles. The van der Waals surface area contributed by atoms with E-state index in [4.69, 9.17) is 4.98 Å². The van der Waals surface area contributed by atoms with E-state index in [1.165, 1.54) is 11.1 Å². The normalized spacial score (nSPS) is 13.4. The van der Waals surface area contributed by atoms with E-state index < -0.39 is 0 Å². The summed E-state index contributed by atoms with van der Waals surface area (Å²) in [6, 6.07) is 14.1. The van der Waals surface area contributed by atoms with E-state index in [0.717, 1.165) is 42.1 Å². The van der Waals surface area contributed by atoms with Crippen molar-refractivity contribution in [2.45, 2.75) is 45.7 Å². The van der Waals surface area contributed by atoms with Crippen molar-refractivity contribution in [3.05, 3.63) is 100.0 Å². The van der Waals surface area contributed by atoms with Gasteiger partial charge in [-0.25, -0.2) is 14.3 Å². The molecule has 0 radical (unpaired) electrons. The molecule has 0 atom stereocenters. The van der Waals surface area contributed by atoms with Crippen LogP contribution in [0.4, 0.5) is 11.6 Å². The molecule has 5 heterocycles. The number of rotatable bonds is 5. The largest absolute Gasteiger partial charge is 0.324 e. The molecule has 6 rings (SSSR count). The summed E-state index contributed by atoms with van der Waals surface area (Å²) in [5, 5.41) is 7.20. The first-order chi connectivity index (χ1) is 18.4. The van der Waals surface area contributed by atoms with Gasteiger partial charge in [-0.15, -0.1) is 0 Å². The highest BCUT2D eigenvalue weighted by Gasteiger charge is 2.21. The summed E-state index contributed by atoms with van der Waals surface area (Å²) in [7, 11) is 0. The van der Waals surface area contributed by atoms with Gasteiger partial charge in [0.15, 0.2) is 5.65 Å². The van der Waals surface area contributed by atoms with Crippen LogP contribution in [0.15, 0.2) is 72.0 Å². The number of benzene rings is 1. The van der Waals surface area contributed by atoms with Crippen molar-refractivity contribution in [1.29, 1.82) is 0 Å². The molecule has 0 unspecified atom stereocenters. The monoisotopic (exact) mass is 506 g/mol. The molecule has 0 bridgehead atoms. The van der Waals surface area contributed by atoms with Gasteiger partial charge >= 0.3 is 0 Å². The summed E-state index contributed by atoms with van der Waals surface area (Å²) in [4.78, 5) is 31.8. The lowest BCUT2D eigenvalue weighted by molar-refractivity contribution is 0.561. The Kier molecular flexibility index (Phi) is 6.00. The first kappa shape index (κ1) is 24.0. The molecule has 0 amide bonds. The van der Waals surface area contributed by atoms with Crippen molar-refractivity contribution in [1.82, 2.24) is 34.6 Å². The lowest BCUT2D eigenvalue weighted by Gasteiger charge is -2.20. The van der Waals surface area contributed by atoms with Crippen LogP contribution in [0.2, 0.25) is 0 Å². The van der Waals surface area contributed by atoms with Crippen molar-refractivity contribution in [2.75, 3.05) is 11.9 Å². The Morgan fingerprint density at radius 2 is 1.92 bits per heavy atom. The number of hydrogen-bond acceptors (Lipinski definition) is 7. The van der Waals surface area contributed by atoms with Crippen LogP contribution in [0.25, 0.3) is 16.7 Å². The molecule has 4 aromatic heterocycles. The Bertz CT molecular complexity index is 1680. The van der Waals surface area contributed by atoms with Crippen molar-refractivity contribution in [3.63, 3.8) is 0 Å². The molecule has 38 heavy (non-hydrogen) atoms.